The third-order valence-electron chi connectivity index (χ3n) is 5.61. The molecule has 1 aromatic carbocycles. The number of furan rings is 1. The molecule has 2 aromatic heterocycles. The fourth-order valence-corrected chi connectivity index (χ4v) is 6.06. The van der Waals surface area contributed by atoms with Crippen molar-refractivity contribution in [2.75, 3.05) is 13.1 Å². The monoisotopic (exact) mass is 432 g/mol. The smallest absolute Gasteiger partial charge is 0.250 e. The molecule has 1 N–H and O–H groups in total. The van der Waals surface area contributed by atoms with E-state index in [0.717, 1.165) is 27.7 Å². The summed E-state index contributed by atoms with van der Waals surface area (Å²) < 4.78 is 33.6. The van der Waals surface area contributed by atoms with Crippen LogP contribution >= 0.6 is 11.3 Å². The van der Waals surface area contributed by atoms with E-state index in [-0.39, 0.29) is 11.9 Å². The summed E-state index contributed by atoms with van der Waals surface area (Å²) in [6.07, 6.45) is 3.19. The largest absolute Gasteiger partial charge is 0.464 e. The van der Waals surface area contributed by atoms with Crippen molar-refractivity contribution in [1.82, 2.24) is 9.62 Å². The molecule has 0 atom stereocenters. The van der Waals surface area contributed by atoms with Crippen LogP contribution in [0.25, 0.3) is 11.0 Å². The molecule has 1 aliphatic rings. The molecular formula is C21H24N2O4S2. The number of nitrogens with one attached hydrogen (secondary N) is 1. The number of rotatable bonds is 5. The van der Waals surface area contributed by atoms with Gasteiger partial charge in [0.15, 0.2) is 0 Å². The van der Waals surface area contributed by atoms with E-state index in [1.54, 1.807) is 23.8 Å². The molecule has 29 heavy (non-hydrogen) atoms. The second-order valence-electron chi connectivity index (χ2n) is 7.53. The van der Waals surface area contributed by atoms with Crippen LogP contribution in [0.15, 0.2) is 44.5 Å². The van der Waals surface area contributed by atoms with Gasteiger partial charge in [-0.25, -0.2) is 13.1 Å². The Bertz CT molecular complexity index is 1130. The molecule has 0 radical (unpaired) electrons. The molecule has 1 fully saturated rings. The average molecular weight is 433 g/mol. The molecule has 1 amide bonds. The first-order valence-electron chi connectivity index (χ1n) is 9.65. The van der Waals surface area contributed by atoms with E-state index in [1.807, 2.05) is 30.9 Å². The van der Waals surface area contributed by atoms with Crippen molar-refractivity contribution >= 4 is 38.2 Å². The lowest BCUT2D eigenvalue weighted by atomic mass is 10.0. The molecule has 4 rings (SSSR count). The van der Waals surface area contributed by atoms with Crippen LogP contribution in [-0.4, -0.2) is 38.4 Å². The Morgan fingerprint density at radius 2 is 2.00 bits per heavy atom. The van der Waals surface area contributed by atoms with E-state index >= 15 is 0 Å². The number of thiophene rings is 1. The maximum atomic E-state index is 12.8. The summed E-state index contributed by atoms with van der Waals surface area (Å²) in [7, 11) is -3.47. The number of aryl methyl sites for hydroxylation is 2. The van der Waals surface area contributed by atoms with Crippen LogP contribution in [0.5, 0.6) is 0 Å². The van der Waals surface area contributed by atoms with Gasteiger partial charge in [0, 0.05) is 30.1 Å². The van der Waals surface area contributed by atoms with Crippen molar-refractivity contribution < 1.29 is 17.6 Å². The van der Waals surface area contributed by atoms with Crippen LogP contribution in [0.2, 0.25) is 0 Å². The highest BCUT2D eigenvalue weighted by Gasteiger charge is 2.27. The molecular weight excluding hydrogens is 408 g/mol. The lowest BCUT2D eigenvalue weighted by Crippen LogP contribution is -2.46. The molecule has 6 nitrogen and oxygen atoms in total. The van der Waals surface area contributed by atoms with Gasteiger partial charge in [0.1, 0.15) is 9.79 Å². The number of fused-ring (bicyclic) bond motifs is 1. The van der Waals surface area contributed by atoms with Crippen molar-refractivity contribution in [3.8, 4) is 0 Å². The zero-order valence-corrected chi connectivity index (χ0v) is 18.1. The van der Waals surface area contributed by atoms with Crippen LogP contribution in [0, 0.1) is 13.8 Å². The Balaban J connectivity index is 1.37. The third kappa shape index (κ3) is 4.10. The number of nitrogens with zero attached hydrogens (tertiary/aromatic N) is 1. The normalized spacial score (nSPS) is 15.9. The van der Waals surface area contributed by atoms with Crippen LogP contribution in [0.4, 0.5) is 0 Å². The van der Waals surface area contributed by atoms with Gasteiger partial charge in [0.25, 0.3) is 0 Å². The zero-order chi connectivity index (χ0) is 20.6. The summed E-state index contributed by atoms with van der Waals surface area (Å²) in [6, 6.07) is 7.24. The van der Waals surface area contributed by atoms with Gasteiger partial charge < -0.3 is 9.32 Å². The van der Waals surface area contributed by atoms with E-state index in [9.17, 15) is 13.2 Å². The second-order valence-corrected chi connectivity index (χ2v) is 10.4. The lowest BCUT2D eigenvalue weighted by molar-refractivity contribution is -0.131. The summed E-state index contributed by atoms with van der Waals surface area (Å²) >= 11 is 1.20. The van der Waals surface area contributed by atoms with Crippen LogP contribution < -0.4 is 4.72 Å². The highest BCUT2D eigenvalue weighted by molar-refractivity contribution is 7.91. The van der Waals surface area contributed by atoms with Gasteiger partial charge in [0.05, 0.1) is 12.7 Å². The van der Waals surface area contributed by atoms with Crippen LogP contribution in [0.3, 0.4) is 0 Å². The number of amides is 1. The molecule has 3 heterocycles. The lowest BCUT2D eigenvalue weighted by Gasteiger charge is -2.32. The van der Waals surface area contributed by atoms with Crippen LogP contribution in [0.1, 0.15) is 29.5 Å². The van der Waals surface area contributed by atoms with E-state index in [2.05, 4.69) is 4.72 Å². The molecule has 0 spiro atoms. The molecule has 1 saturated heterocycles. The Hall–Kier alpha value is -2.16. The van der Waals surface area contributed by atoms with Gasteiger partial charge in [-0.15, -0.1) is 11.3 Å². The number of hydrogen-bond donors (Lipinski definition) is 1. The zero-order valence-electron chi connectivity index (χ0n) is 16.5. The number of carbonyl (C=O) groups excluding carboxylic acids is 1. The summed E-state index contributed by atoms with van der Waals surface area (Å²) in [6.45, 7) is 5.16. The Morgan fingerprint density at radius 1 is 1.24 bits per heavy atom. The molecule has 0 aliphatic carbocycles. The van der Waals surface area contributed by atoms with Crippen molar-refractivity contribution in [1.29, 1.82) is 0 Å². The maximum Gasteiger partial charge on any atom is 0.250 e. The maximum absolute atomic E-state index is 12.8. The predicted octanol–water partition coefficient (Wildman–Crippen LogP) is 3.62. The third-order valence-corrected chi connectivity index (χ3v) is 8.53. The number of carbonyl (C=O) groups is 1. The standard InChI is InChI=1S/C21H24N2O4S2/c1-14-5-6-18-16(13-27-21(18)15(14)2)12-19(24)23-9-7-17(8-10-23)22-29(25,26)20-4-3-11-28-20/h3-6,11,13,17,22H,7-10,12H2,1-2H3. The van der Waals surface area contributed by atoms with Gasteiger partial charge in [-0.05, 0) is 49.3 Å². The summed E-state index contributed by atoms with van der Waals surface area (Å²) in [5, 5.41) is 2.73. The number of sulfonamides is 1. The van der Waals surface area contributed by atoms with Gasteiger partial charge >= 0.3 is 0 Å². The quantitative estimate of drug-likeness (QED) is 0.668. The first-order valence-corrected chi connectivity index (χ1v) is 12.0. The van der Waals surface area contributed by atoms with E-state index in [4.69, 9.17) is 4.42 Å². The van der Waals surface area contributed by atoms with E-state index in [1.165, 1.54) is 11.3 Å². The minimum atomic E-state index is -3.47. The number of benzene rings is 1. The molecule has 0 saturated carbocycles. The number of piperidine rings is 1. The molecule has 154 valence electrons. The first kappa shape index (κ1) is 20.1. The average Bonchev–Trinajstić information content (AvgIpc) is 3.36. The molecule has 0 bridgehead atoms. The summed E-state index contributed by atoms with van der Waals surface area (Å²) in [5.41, 5.74) is 4.00. The van der Waals surface area contributed by atoms with Crippen LogP contribution in [-0.2, 0) is 21.2 Å². The minimum absolute atomic E-state index is 0.0468. The summed E-state index contributed by atoms with van der Waals surface area (Å²) in [4.78, 5) is 14.6. The first-order chi connectivity index (χ1) is 13.8. The van der Waals surface area contributed by atoms with Crippen molar-refractivity contribution in [3.63, 3.8) is 0 Å². The molecule has 3 aromatic rings. The van der Waals surface area contributed by atoms with Crippen molar-refractivity contribution in [3.05, 3.63) is 52.6 Å². The predicted molar refractivity (Wildman–Crippen MR) is 114 cm³/mol. The number of hydrogen-bond acceptors (Lipinski definition) is 5. The topological polar surface area (TPSA) is 79.6 Å². The van der Waals surface area contributed by atoms with Gasteiger partial charge in [-0.3, -0.25) is 4.79 Å². The number of likely N-dealkylation sites (tertiary alicyclic amines) is 1. The summed E-state index contributed by atoms with van der Waals surface area (Å²) in [5.74, 6) is 0.0468. The van der Waals surface area contributed by atoms with Crippen molar-refractivity contribution in [2.45, 2.75) is 43.4 Å². The van der Waals surface area contributed by atoms with Crippen molar-refractivity contribution in [2.24, 2.45) is 0 Å². The fourth-order valence-electron chi connectivity index (χ4n) is 3.74. The highest BCUT2D eigenvalue weighted by Crippen LogP contribution is 2.27. The van der Waals surface area contributed by atoms with Gasteiger partial charge in [0.2, 0.25) is 15.9 Å². The van der Waals surface area contributed by atoms with E-state index < -0.39 is 10.0 Å². The highest BCUT2D eigenvalue weighted by atomic mass is 32.2. The van der Waals surface area contributed by atoms with Gasteiger partial charge in [-0.1, -0.05) is 18.2 Å². The molecule has 0 unspecified atom stereocenters. The fraction of sp³-hybridized carbons (Fsp3) is 0.381. The molecule has 8 heteroatoms. The Morgan fingerprint density at radius 3 is 2.69 bits per heavy atom. The Kier molecular flexibility index (Phi) is 5.50. The van der Waals surface area contributed by atoms with E-state index in [0.29, 0.717) is 36.6 Å². The second kappa shape index (κ2) is 7.93. The SMILES string of the molecule is Cc1ccc2c(CC(=O)N3CCC(NS(=O)(=O)c4cccs4)CC3)coc2c1C. The Labute approximate surface area is 174 Å². The van der Waals surface area contributed by atoms with Gasteiger partial charge in [-0.2, -0.15) is 0 Å². The molecule has 1 aliphatic heterocycles. The minimum Gasteiger partial charge on any atom is -0.464 e.